The molecular formula is C16H22FN5O. The minimum absolute atomic E-state index is 0.0443. The van der Waals surface area contributed by atoms with Gasteiger partial charge in [-0.3, -0.25) is 9.69 Å². The summed E-state index contributed by atoms with van der Waals surface area (Å²) in [5.41, 5.74) is 0.970. The number of hydrogen-bond acceptors (Lipinski definition) is 4. The molecule has 7 heteroatoms. The molecule has 1 amide bonds. The Labute approximate surface area is 135 Å². The van der Waals surface area contributed by atoms with Gasteiger partial charge in [-0.1, -0.05) is 12.1 Å². The first-order valence-electron chi connectivity index (χ1n) is 7.65. The first-order valence-corrected chi connectivity index (χ1v) is 7.65. The van der Waals surface area contributed by atoms with Gasteiger partial charge in [0.2, 0.25) is 5.91 Å². The molecule has 23 heavy (non-hydrogen) atoms. The molecule has 0 radical (unpaired) electrons. The Morgan fingerprint density at radius 3 is 2.78 bits per heavy atom. The number of aromatic nitrogens is 3. The van der Waals surface area contributed by atoms with Gasteiger partial charge in [0.1, 0.15) is 18.0 Å². The predicted molar refractivity (Wildman–Crippen MR) is 85.1 cm³/mol. The summed E-state index contributed by atoms with van der Waals surface area (Å²) in [7, 11) is 1.86. The van der Waals surface area contributed by atoms with E-state index in [2.05, 4.69) is 15.5 Å². The number of amides is 1. The molecular weight excluding hydrogens is 297 g/mol. The van der Waals surface area contributed by atoms with E-state index in [1.54, 1.807) is 18.5 Å². The first-order chi connectivity index (χ1) is 11.1. The third kappa shape index (κ3) is 5.45. The second kappa shape index (κ2) is 8.38. The lowest BCUT2D eigenvalue weighted by atomic mass is 10.2. The highest BCUT2D eigenvalue weighted by molar-refractivity contribution is 5.77. The van der Waals surface area contributed by atoms with E-state index in [0.717, 1.165) is 17.9 Å². The molecule has 2 aromatic rings. The fourth-order valence-electron chi connectivity index (χ4n) is 2.31. The smallest absolute Gasteiger partial charge is 0.234 e. The van der Waals surface area contributed by atoms with Crippen molar-refractivity contribution in [1.29, 1.82) is 0 Å². The van der Waals surface area contributed by atoms with E-state index in [9.17, 15) is 9.18 Å². The number of benzene rings is 1. The number of nitrogens with one attached hydrogen (secondary N) is 1. The number of hydrogen-bond donors (Lipinski definition) is 1. The largest absolute Gasteiger partial charge is 0.355 e. The lowest BCUT2D eigenvalue weighted by Gasteiger charge is -2.16. The quantitative estimate of drug-likeness (QED) is 0.795. The second-order valence-electron chi connectivity index (χ2n) is 5.43. The van der Waals surface area contributed by atoms with Crippen molar-refractivity contribution in [3.63, 3.8) is 0 Å². The molecule has 1 aromatic carbocycles. The maximum absolute atomic E-state index is 12.9. The Kier molecular flexibility index (Phi) is 6.22. The van der Waals surface area contributed by atoms with Gasteiger partial charge in [0, 0.05) is 26.1 Å². The van der Waals surface area contributed by atoms with Gasteiger partial charge in [0.25, 0.3) is 0 Å². The van der Waals surface area contributed by atoms with Crippen molar-refractivity contribution < 1.29 is 9.18 Å². The van der Waals surface area contributed by atoms with E-state index in [1.165, 1.54) is 12.1 Å². The van der Waals surface area contributed by atoms with Crippen LogP contribution in [0.25, 0.3) is 0 Å². The molecule has 0 spiro atoms. The third-order valence-electron chi connectivity index (χ3n) is 3.49. The fourth-order valence-corrected chi connectivity index (χ4v) is 2.31. The van der Waals surface area contributed by atoms with Crippen molar-refractivity contribution in [2.45, 2.75) is 26.4 Å². The summed E-state index contributed by atoms with van der Waals surface area (Å²) < 4.78 is 14.8. The van der Waals surface area contributed by atoms with Crippen LogP contribution < -0.4 is 5.32 Å². The Bertz CT molecular complexity index is 626. The molecule has 0 bridgehead atoms. The van der Waals surface area contributed by atoms with Gasteiger partial charge in [-0.15, -0.1) is 10.2 Å². The van der Waals surface area contributed by atoms with Gasteiger partial charge in [-0.25, -0.2) is 4.39 Å². The number of aryl methyl sites for hydroxylation is 1. The number of carbonyl (C=O) groups excluding carboxylic acids is 1. The van der Waals surface area contributed by atoms with E-state index < -0.39 is 0 Å². The second-order valence-corrected chi connectivity index (χ2v) is 5.43. The van der Waals surface area contributed by atoms with Crippen molar-refractivity contribution in [2.75, 3.05) is 20.1 Å². The Morgan fingerprint density at radius 1 is 1.35 bits per heavy atom. The minimum Gasteiger partial charge on any atom is -0.355 e. The maximum atomic E-state index is 12.9. The standard InChI is InChI=1S/C16H22FN5O/c1-3-22-12-19-20-15(22)8-9-18-16(23)11-21(2)10-13-4-6-14(17)7-5-13/h4-7,12H,3,8-11H2,1-2H3,(H,18,23). The molecule has 0 atom stereocenters. The lowest BCUT2D eigenvalue weighted by molar-refractivity contribution is -0.122. The zero-order valence-electron chi connectivity index (χ0n) is 13.5. The lowest BCUT2D eigenvalue weighted by Crippen LogP contribution is -2.36. The van der Waals surface area contributed by atoms with Crippen molar-refractivity contribution in [3.05, 3.63) is 47.8 Å². The Hall–Kier alpha value is -2.28. The van der Waals surface area contributed by atoms with Crippen LogP contribution in [0.3, 0.4) is 0 Å². The average Bonchev–Trinajstić information content (AvgIpc) is 2.97. The van der Waals surface area contributed by atoms with Crippen LogP contribution in [-0.2, 0) is 24.3 Å². The molecule has 1 N–H and O–H groups in total. The number of rotatable bonds is 8. The number of nitrogens with zero attached hydrogens (tertiary/aromatic N) is 4. The highest BCUT2D eigenvalue weighted by Crippen LogP contribution is 2.05. The Balaban J connectivity index is 1.70. The predicted octanol–water partition coefficient (Wildman–Crippen LogP) is 1.23. The van der Waals surface area contributed by atoms with Crippen molar-refractivity contribution in [2.24, 2.45) is 0 Å². The molecule has 0 aliphatic carbocycles. The van der Waals surface area contributed by atoms with Crippen LogP contribution >= 0.6 is 0 Å². The van der Waals surface area contributed by atoms with Crippen molar-refractivity contribution in [3.8, 4) is 0 Å². The molecule has 124 valence electrons. The maximum Gasteiger partial charge on any atom is 0.234 e. The number of halogens is 1. The summed E-state index contributed by atoms with van der Waals surface area (Å²) in [6.45, 7) is 4.25. The summed E-state index contributed by atoms with van der Waals surface area (Å²) in [5, 5.41) is 10.8. The Morgan fingerprint density at radius 2 is 2.09 bits per heavy atom. The average molecular weight is 319 g/mol. The van der Waals surface area contributed by atoms with E-state index in [0.29, 0.717) is 19.5 Å². The molecule has 0 fully saturated rings. The SMILES string of the molecule is CCn1cnnc1CCNC(=O)CN(C)Cc1ccc(F)cc1. The normalized spacial score (nSPS) is 11.0. The zero-order valence-corrected chi connectivity index (χ0v) is 13.5. The van der Waals surface area contributed by atoms with Crippen molar-refractivity contribution in [1.82, 2.24) is 25.0 Å². The number of likely N-dealkylation sites (N-methyl/N-ethyl adjacent to an activating group) is 1. The highest BCUT2D eigenvalue weighted by Gasteiger charge is 2.08. The third-order valence-corrected chi connectivity index (χ3v) is 3.49. The van der Waals surface area contributed by atoms with Gasteiger partial charge < -0.3 is 9.88 Å². The van der Waals surface area contributed by atoms with Crippen LogP contribution in [0.15, 0.2) is 30.6 Å². The van der Waals surface area contributed by atoms with Gasteiger partial charge in [0.05, 0.1) is 6.54 Å². The molecule has 2 rings (SSSR count). The number of carbonyl (C=O) groups is 1. The van der Waals surface area contributed by atoms with Crippen LogP contribution in [0.1, 0.15) is 18.3 Å². The van der Waals surface area contributed by atoms with Crippen LogP contribution in [-0.4, -0.2) is 45.7 Å². The first kappa shape index (κ1) is 17.1. The van der Waals surface area contributed by atoms with Crippen LogP contribution in [0.4, 0.5) is 4.39 Å². The van der Waals surface area contributed by atoms with Gasteiger partial charge in [-0.2, -0.15) is 0 Å². The van der Waals surface area contributed by atoms with Crippen molar-refractivity contribution >= 4 is 5.91 Å². The zero-order chi connectivity index (χ0) is 16.7. The molecule has 0 aliphatic rings. The van der Waals surface area contributed by atoms with Crippen LogP contribution in [0, 0.1) is 5.82 Å². The molecule has 0 unspecified atom stereocenters. The van der Waals surface area contributed by atoms with Gasteiger partial charge in [-0.05, 0) is 31.7 Å². The highest BCUT2D eigenvalue weighted by atomic mass is 19.1. The van der Waals surface area contributed by atoms with E-state index in [-0.39, 0.29) is 18.3 Å². The fraction of sp³-hybridized carbons (Fsp3) is 0.438. The summed E-state index contributed by atoms with van der Waals surface area (Å²) in [4.78, 5) is 13.8. The minimum atomic E-state index is -0.255. The van der Waals surface area contributed by atoms with Crippen LogP contribution in [0.2, 0.25) is 0 Å². The molecule has 1 aromatic heterocycles. The topological polar surface area (TPSA) is 63.1 Å². The molecule has 0 saturated carbocycles. The summed E-state index contributed by atoms with van der Waals surface area (Å²) in [6, 6.07) is 6.29. The van der Waals surface area contributed by atoms with Crippen LogP contribution in [0.5, 0.6) is 0 Å². The molecule has 6 nitrogen and oxygen atoms in total. The summed E-state index contributed by atoms with van der Waals surface area (Å²) >= 11 is 0. The van der Waals surface area contributed by atoms with E-state index in [1.807, 2.05) is 23.4 Å². The molecule has 0 saturated heterocycles. The molecule has 1 heterocycles. The van der Waals surface area contributed by atoms with E-state index in [4.69, 9.17) is 0 Å². The molecule has 0 aliphatic heterocycles. The van der Waals surface area contributed by atoms with Gasteiger partial charge >= 0.3 is 0 Å². The monoisotopic (exact) mass is 319 g/mol. The summed E-state index contributed by atoms with van der Waals surface area (Å²) in [5.74, 6) is 0.568. The summed E-state index contributed by atoms with van der Waals surface area (Å²) in [6.07, 6.45) is 2.34. The van der Waals surface area contributed by atoms with Gasteiger partial charge in [0.15, 0.2) is 0 Å². The van der Waals surface area contributed by atoms with E-state index >= 15 is 0 Å².